The Morgan fingerprint density at radius 1 is 0.926 bits per heavy atom. The molecule has 2 heterocycles. The van der Waals surface area contributed by atoms with Gasteiger partial charge in [0.25, 0.3) is 0 Å². The first-order chi connectivity index (χ1) is 13.3. The Labute approximate surface area is 156 Å². The monoisotopic (exact) mass is 366 g/mol. The topological polar surface area (TPSA) is 68.3 Å². The predicted octanol–water partition coefficient (Wildman–Crippen LogP) is 3.61. The third kappa shape index (κ3) is 4.44. The van der Waals surface area contributed by atoms with Gasteiger partial charge in [0.05, 0.1) is 0 Å². The zero-order valence-electron chi connectivity index (χ0n) is 14.6. The molecule has 0 radical (unpaired) electrons. The number of hydrogen-bond acceptors (Lipinski definition) is 6. The summed E-state index contributed by atoms with van der Waals surface area (Å²) in [5.41, 5.74) is 2.13. The first-order valence-corrected chi connectivity index (χ1v) is 8.70. The van der Waals surface area contributed by atoms with Gasteiger partial charge in [-0.05, 0) is 47.9 Å². The lowest BCUT2D eigenvalue weighted by Gasteiger charge is -2.09. The number of benzene rings is 2. The summed E-state index contributed by atoms with van der Waals surface area (Å²) in [6, 6.07) is 14.2. The van der Waals surface area contributed by atoms with Crippen LogP contribution < -0.4 is 20.1 Å². The van der Waals surface area contributed by atoms with Crippen LogP contribution in [-0.2, 0) is 13.0 Å². The summed E-state index contributed by atoms with van der Waals surface area (Å²) in [6.45, 7) is 1.55. The molecule has 1 aliphatic rings. The summed E-state index contributed by atoms with van der Waals surface area (Å²) in [5.74, 6) is 2.59. The maximum Gasteiger partial charge on any atom is 0.231 e. The normalized spacial score (nSPS) is 12.0. The van der Waals surface area contributed by atoms with Gasteiger partial charge in [0.2, 0.25) is 12.7 Å². The molecule has 27 heavy (non-hydrogen) atoms. The zero-order chi connectivity index (χ0) is 18.5. The quantitative estimate of drug-likeness (QED) is 0.666. The molecule has 7 heteroatoms. The van der Waals surface area contributed by atoms with E-state index in [1.165, 1.54) is 12.1 Å². The van der Waals surface area contributed by atoms with E-state index in [4.69, 9.17) is 9.47 Å². The third-order valence-electron chi connectivity index (χ3n) is 4.18. The van der Waals surface area contributed by atoms with E-state index in [1.807, 2.05) is 24.3 Å². The fourth-order valence-electron chi connectivity index (χ4n) is 2.76. The van der Waals surface area contributed by atoms with Gasteiger partial charge in [0.15, 0.2) is 11.5 Å². The van der Waals surface area contributed by atoms with Crippen molar-refractivity contribution in [3.8, 4) is 11.5 Å². The minimum atomic E-state index is -0.226. The van der Waals surface area contributed by atoms with Crippen LogP contribution in [0.25, 0.3) is 0 Å². The highest BCUT2D eigenvalue weighted by atomic mass is 19.1. The van der Waals surface area contributed by atoms with Crippen LogP contribution >= 0.6 is 0 Å². The first kappa shape index (κ1) is 17.1. The second kappa shape index (κ2) is 7.90. The van der Waals surface area contributed by atoms with Gasteiger partial charge in [-0.2, -0.15) is 4.98 Å². The van der Waals surface area contributed by atoms with Crippen molar-refractivity contribution in [2.45, 2.75) is 13.0 Å². The van der Waals surface area contributed by atoms with Crippen LogP contribution in [0, 0.1) is 5.82 Å². The van der Waals surface area contributed by atoms with Gasteiger partial charge >= 0.3 is 0 Å². The maximum atomic E-state index is 12.9. The third-order valence-corrected chi connectivity index (χ3v) is 4.18. The van der Waals surface area contributed by atoms with Crippen molar-refractivity contribution < 1.29 is 13.9 Å². The summed E-state index contributed by atoms with van der Waals surface area (Å²) < 4.78 is 23.6. The van der Waals surface area contributed by atoms with Crippen LogP contribution in [0.5, 0.6) is 11.5 Å². The van der Waals surface area contributed by atoms with Crippen molar-refractivity contribution >= 4 is 11.8 Å². The van der Waals surface area contributed by atoms with E-state index in [-0.39, 0.29) is 12.6 Å². The Hall–Kier alpha value is -3.35. The van der Waals surface area contributed by atoms with Gasteiger partial charge in [-0.15, -0.1) is 0 Å². The van der Waals surface area contributed by atoms with Crippen molar-refractivity contribution in [3.05, 3.63) is 71.7 Å². The number of halogens is 1. The number of anilines is 2. The summed E-state index contributed by atoms with van der Waals surface area (Å²) in [5, 5.41) is 6.47. The van der Waals surface area contributed by atoms with E-state index >= 15 is 0 Å². The number of fused-ring (bicyclic) bond motifs is 1. The Morgan fingerprint density at radius 2 is 1.74 bits per heavy atom. The van der Waals surface area contributed by atoms with E-state index in [9.17, 15) is 4.39 Å². The molecule has 138 valence electrons. The van der Waals surface area contributed by atoms with Crippen molar-refractivity contribution in [1.29, 1.82) is 0 Å². The highest BCUT2D eigenvalue weighted by molar-refractivity contribution is 5.46. The smallest absolute Gasteiger partial charge is 0.231 e. The molecule has 1 aliphatic heterocycles. The molecule has 0 aliphatic carbocycles. The van der Waals surface area contributed by atoms with Crippen LogP contribution in [0.15, 0.2) is 54.7 Å². The molecule has 6 nitrogen and oxygen atoms in total. The van der Waals surface area contributed by atoms with Gasteiger partial charge in [-0.3, -0.25) is 0 Å². The van der Waals surface area contributed by atoms with Crippen molar-refractivity contribution in [2.75, 3.05) is 24.0 Å². The molecule has 0 spiro atoms. The lowest BCUT2D eigenvalue weighted by atomic mass is 10.1. The minimum Gasteiger partial charge on any atom is -0.454 e. The maximum absolute atomic E-state index is 12.9. The van der Waals surface area contributed by atoms with Gasteiger partial charge < -0.3 is 20.1 Å². The predicted molar refractivity (Wildman–Crippen MR) is 101 cm³/mol. The van der Waals surface area contributed by atoms with E-state index in [0.717, 1.165) is 34.9 Å². The molecule has 0 atom stereocenters. The molecule has 0 amide bonds. The summed E-state index contributed by atoms with van der Waals surface area (Å²) in [7, 11) is 0. The summed E-state index contributed by atoms with van der Waals surface area (Å²) in [4.78, 5) is 8.68. The molecule has 1 aromatic heterocycles. The van der Waals surface area contributed by atoms with Crippen LogP contribution in [0.4, 0.5) is 16.2 Å². The number of rotatable bonds is 7. The minimum absolute atomic E-state index is 0.226. The fourth-order valence-corrected chi connectivity index (χ4v) is 2.76. The number of nitrogens with one attached hydrogen (secondary N) is 2. The molecule has 2 aromatic carbocycles. The Kier molecular flexibility index (Phi) is 5.00. The lowest BCUT2D eigenvalue weighted by molar-refractivity contribution is 0.174. The molecule has 0 saturated heterocycles. The van der Waals surface area contributed by atoms with Gasteiger partial charge in [-0.1, -0.05) is 18.2 Å². The Balaban J connectivity index is 1.30. The number of hydrogen-bond donors (Lipinski definition) is 2. The Morgan fingerprint density at radius 3 is 2.63 bits per heavy atom. The number of aromatic nitrogens is 2. The van der Waals surface area contributed by atoms with E-state index in [2.05, 4.69) is 20.6 Å². The van der Waals surface area contributed by atoms with Crippen LogP contribution in [-0.4, -0.2) is 23.3 Å². The van der Waals surface area contributed by atoms with Crippen LogP contribution in [0.3, 0.4) is 0 Å². The number of ether oxygens (including phenoxy) is 2. The molecule has 0 fully saturated rings. The van der Waals surface area contributed by atoms with E-state index in [0.29, 0.717) is 19.0 Å². The molecular weight excluding hydrogens is 347 g/mol. The Bertz CT molecular complexity index is 918. The SMILES string of the molecule is Fc1ccc(CCNc2nccc(NCc3ccc4c(c3)OCO4)n2)cc1. The van der Waals surface area contributed by atoms with E-state index in [1.54, 1.807) is 18.3 Å². The van der Waals surface area contributed by atoms with Crippen molar-refractivity contribution in [2.24, 2.45) is 0 Å². The number of nitrogens with zero attached hydrogens (tertiary/aromatic N) is 2. The molecular formula is C20H19FN4O2. The van der Waals surface area contributed by atoms with Gasteiger partial charge in [0.1, 0.15) is 11.6 Å². The first-order valence-electron chi connectivity index (χ1n) is 8.70. The largest absolute Gasteiger partial charge is 0.454 e. The average molecular weight is 366 g/mol. The average Bonchev–Trinajstić information content (AvgIpc) is 3.16. The summed E-state index contributed by atoms with van der Waals surface area (Å²) >= 11 is 0. The molecule has 0 unspecified atom stereocenters. The van der Waals surface area contributed by atoms with Gasteiger partial charge in [-0.25, -0.2) is 9.37 Å². The van der Waals surface area contributed by atoms with Gasteiger partial charge in [0, 0.05) is 19.3 Å². The molecule has 2 N–H and O–H groups in total. The molecule has 0 saturated carbocycles. The van der Waals surface area contributed by atoms with Crippen molar-refractivity contribution in [1.82, 2.24) is 9.97 Å². The summed E-state index contributed by atoms with van der Waals surface area (Å²) in [6.07, 6.45) is 2.47. The lowest BCUT2D eigenvalue weighted by Crippen LogP contribution is -2.09. The molecule has 0 bridgehead atoms. The van der Waals surface area contributed by atoms with Crippen LogP contribution in [0.2, 0.25) is 0 Å². The standard InChI is InChI=1S/C20H19FN4O2/c21-16-4-1-14(2-5-16)7-9-22-20-23-10-8-19(25-20)24-12-15-3-6-17-18(11-15)27-13-26-17/h1-6,8,10-11H,7,9,12-13H2,(H2,22,23,24,25). The van der Waals surface area contributed by atoms with Crippen molar-refractivity contribution in [3.63, 3.8) is 0 Å². The second-order valence-electron chi connectivity index (χ2n) is 6.11. The van der Waals surface area contributed by atoms with Crippen LogP contribution in [0.1, 0.15) is 11.1 Å². The van der Waals surface area contributed by atoms with E-state index < -0.39 is 0 Å². The fraction of sp³-hybridized carbons (Fsp3) is 0.200. The molecule has 4 rings (SSSR count). The highest BCUT2D eigenvalue weighted by Gasteiger charge is 2.13. The highest BCUT2D eigenvalue weighted by Crippen LogP contribution is 2.32. The second-order valence-corrected chi connectivity index (χ2v) is 6.11. The zero-order valence-corrected chi connectivity index (χ0v) is 14.6. The molecule has 3 aromatic rings.